The molecule has 0 aliphatic heterocycles. The Morgan fingerprint density at radius 1 is 0.828 bits per heavy atom. The summed E-state index contributed by atoms with van der Waals surface area (Å²) in [4.78, 5) is 13.0. The summed E-state index contributed by atoms with van der Waals surface area (Å²) in [5.41, 5.74) is 2.70. The SMILES string of the molecule is NS(=O)(=O)Cc1cccc(-c2nn(Cc3ccccc3)c(=O)c3ccccc23)c1. The Bertz CT molecular complexity index is 1350. The van der Waals surface area contributed by atoms with E-state index < -0.39 is 10.0 Å². The van der Waals surface area contributed by atoms with E-state index in [9.17, 15) is 13.2 Å². The van der Waals surface area contributed by atoms with E-state index in [1.807, 2.05) is 54.6 Å². The molecule has 0 spiro atoms. The number of hydrogen-bond donors (Lipinski definition) is 1. The number of fused-ring (bicyclic) bond motifs is 1. The number of nitrogens with zero attached hydrogens (tertiary/aromatic N) is 2. The predicted octanol–water partition coefficient (Wildman–Crippen LogP) is 2.90. The maximum atomic E-state index is 13.0. The van der Waals surface area contributed by atoms with Gasteiger partial charge in [0.1, 0.15) is 0 Å². The van der Waals surface area contributed by atoms with Gasteiger partial charge in [-0.25, -0.2) is 18.2 Å². The zero-order valence-electron chi connectivity index (χ0n) is 15.5. The van der Waals surface area contributed by atoms with Crippen LogP contribution in [-0.2, 0) is 22.3 Å². The van der Waals surface area contributed by atoms with Gasteiger partial charge in [0, 0.05) is 10.9 Å². The van der Waals surface area contributed by atoms with Crippen LogP contribution in [0.15, 0.2) is 83.7 Å². The molecule has 2 N–H and O–H groups in total. The molecule has 146 valence electrons. The van der Waals surface area contributed by atoms with Gasteiger partial charge in [0.2, 0.25) is 10.0 Å². The first kappa shape index (κ1) is 19.0. The van der Waals surface area contributed by atoms with Gasteiger partial charge in [0.25, 0.3) is 5.56 Å². The maximum Gasteiger partial charge on any atom is 0.274 e. The molecule has 0 fully saturated rings. The zero-order chi connectivity index (χ0) is 20.4. The molecule has 6 nitrogen and oxygen atoms in total. The average molecular weight is 405 g/mol. The Morgan fingerprint density at radius 3 is 2.21 bits per heavy atom. The van der Waals surface area contributed by atoms with Crippen molar-refractivity contribution in [3.05, 3.63) is 100 Å². The van der Waals surface area contributed by atoms with Crippen molar-refractivity contribution in [3.63, 3.8) is 0 Å². The molecule has 7 heteroatoms. The molecule has 0 saturated carbocycles. The van der Waals surface area contributed by atoms with E-state index in [0.717, 1.165) is 16.5 Å². The van der Waals surface area contributed by atoms with Crippen molar-refractivity contribution >= 4 is 20.8 Å². The molecular formula is C22H19N3O3S. The van der Waals surface area contributed by atoms with E-state index in [4.69, 9.17) is 5.14 Å². The third kappa shape index (κ3) is 4.26. The quantitative estimate of drug-likeness (QED) is 0.552. The molecular weight excluding hydrogens is 386 g/mol. The summed E-state index contributed by atoms with van der Waals surface area (Å²) < 4.78 is 24.4. The second-order valence-corrected chi connectivity index (χ2v) is 8.46. The van der Waals surface area contributed by atoms with Crippen LogP contribution >= 0.6 is 0 Å². The lowest BCUT2D eigenvalue weighted by molar-refractivity contribution is 0.597. The molecule has 0 saturated heterocycles. The number of benzene rings is 3. The summed E-state index contributed by atoms with van der Waals surface area (Å²) in [7, 11) is -3.65. The van der Waals surface area contributed by atoms with Gasteiger partial charge in [-0.15, -0.1) is 0 Å². The van der Waals surface area contributed by atoms with Crippen LogP contribution in [0.1, 0.15) is 11.1 Å². The minimum Gasteiger partial charge on any atom is -0.267 e. The van der Waals surface area contributed by atoms with Gasteiger partial charge in [0.15, 0.2) is 0 Å². The molecule has 0 unspecified atom stereocenters. The van der Waals surface area contributed by atoms with Gasteiger partial charge in [0.05, 0.1) is 23.4 Å². The fraction of sp³-hybridized carbons (Fsp3) is 0.0909. The zero-order valence-corrected chi connectivity index (χ0v) is 16.3. The number of nitrogens with two attached hydrogens (primary N) is 1. The first-order valence-electron chi connectivity index (χ1n) is 9.04. The summed E-state index contributed by atoms with van der Waals surface area (Å²) in [5, 5.41) is 11.1. The lowest BCUT2D eigenvalue weighted by atomic mass is 10.0. The van der Waals surface area contributed by atoms with Gasteiger partial charge in [-0.05, 0) is 23.3 Å². The molecule has 4 rings (SSSR count). The summed E-state index contributed by atoms with van der Waals surface area (Å²) in [6.07, 6.45) is 0. The van der Waals surface area contributed by atoms with Crippen LogP contribution in [0.4, 0.5) is 0 Å². The number of hydrogen-bond acceptors (Lipinski definition) is 4. The van der Waals surface area contributed by atoms with Gasteiger partial charge in [-0.3, -0.25) is 4.79 Å². The highest BCUT2D eigenvalue weighted by molar-refractivity contribution is 7.88. The highest BCUT2D eigenvalue weighted by atomic mass is 32.2. The highest BCUT2D eigenvalue weighted by Gasteiger charge is 2.14. The number of aromatic nitrogens is 2. The fourth-order valence-electron chi connectivity index (χ4n) is 3.35. The predicted molar refractivity (Wildman–Crippen MR) is 114 cm³/mol. The highest BCUT2D eigenvalue weighted by Crippen LogP contribution is 2.26. The van der Waals surface area contributed by atoms with Crippen LogP contribution in [0.25, 0.3) is 22.0 Å². The molecule has 3 aromatic carbocycles. The molecule has 0 radical (unpaired) electrons. The Morgan fingerprint density at radius 2 is 1.48 bits per heavy atom. The Labute approximate surface area is 168 Å². The number of rotatable bonds is 5. The minimum atomic E-state index is -3.65. The van der Waals surface area contributed by atoms with Crippen molar-refractivity contribution in [2.24, 2.45) is 5.14 Å². The van der Waals surface area contributed by atoms with Crippen LogP contribution in [0.2, 0.25) is 0 Å². The summed E-state index contributed by atoms with van der Waals surface area (Å²) in [6.45, 7) is 0.342. The topological polar surface area (TPSA) is 95.1 Å². The van der Waals surface area contributed by atoms with Crippen molar-refractivity contribution in [2.75, 3.05) is 0 Å². The fourth-order valence-corrected chi connectivity index (χ4v) is 4.00. The van der Waals surface area contributed by atoms with E-state index >= 15 is 0 Å². The number of sulfonamides is 1. The summed E-state index contributed by atoms with van der Waals surface area (Å²) in [6, 6.07) is 24.0. The number of primary sulfonamides is 1. The monoisotopic (exact) mass is 405 g/mol. The third-order valence-corrected chi connectivity index (χ3v) is 5.35. The van der Waals surface area contributed by atoms with E-state index in [1.165, 1.54) is 4.68 Å². The van der Waals surface area contributed by atoms with E-state index in [-0.39, 0.29) is 11.3 Å². The van der Waals surface area contributed by atoms with Crippen LogP contribution < -0.4 is 10.7 Å². The first-order chi connectivity index (χ1) is 13.9. The Kier molecular flexibility index (Phi) is 5.00. The van der Waals surface area contributed by atoms with Crippen LogP contribution in [0.3, 0.4) is 0 Å². The Balaban J connectivity index is 1.89. The molecule has 0 aliphatic carbocycles. The van der Waals surface area contributed by atoms with Crippen molar-refractivity contribution in [1.29, 1.82) is 0 Å². The van der Waals surface area contributed by atoms with Gasteiger partial charge < -0.3 is 0 Å². The smallest absolute Gasteiger partial charge is 0.267 e. The van der Waals surface area contributed by atoms with Crippen LogP contribution in [0, 0.1) is 0 Å². The van der Waals surface area contributed by atoms with E-state index in [2.05, 4.69) is 5.10 Å². The normalized spacial score (nSPS) is 11.6. The molecule has 0 aliphatic rings. The molecule has 0 bridgehead atoms. The van der Waals surface area contributed by atoms with Crippen molar-refractivity contribution < 1.29 is 8.42 Å². The standard InChI is InChI=1S/C22H19N3O3S/c23-29(27,28)15-17-9-6-10-18(13-17)21-19-11-4-5-12-20(19)22(26)25(24-21)14-16-7-2-1-3-8-16/h1-13H,14-15H2,(H2,23,27,28). The van der Waals surface area contributed by atoms with Gasteiger partial charge >= 0.3 is 0 Å². The van der Waals surface area contributed by atoms with Crippen LogP contribution in [0.5, 0.6) is 0 Å². The van der Waals surface area contributed by atoms with Crippen molar-refractivity contribution in [2.45, 2.75) is 12.3 Å². The van der Waals surface area contributed by atoms with Gasteiger partial charge in [-0.1, -0.05) is 66.7 Å². The average Bonchev–Trinajstić information content (AvgIpc) is 2.70. The molecule has 29 heavy (non-hydrogen) atoms. The minimum absolute atomic E-state index is 0.172. The first-order valence-corrected chi connectivity index (χ1v) is 10.8. The van der Waals surface area contributed by atoms with E-state index in [0.29, 0.717) is 23.2 Å². The lowest BCUT2D eigenvalue weighted by Gasteiger charge is -2.12. The molecule has 0 amide bonds. The molecule has 4 aromatic rings. The molecule has 1 heterocycles. The van der Waals surface area contributed by atoms with Crippen LogP contribution in [-0.4, -0.2) is 18.2 Å². The van der Waals surface area contributed by atoms with Crippen molar-refractivity contribution in [3.8, 4) is 11.3 Å². The summed E-state index contributed by atoms with van der Waals surface area (Å²) in [5.74, 6) is -0.261. The second kappa shape index (κ2) is 7.62. The van der Waals surface area contributed by atoms with E-state index in [1.54, 1.807) is 24.3 Å². The largest absolute Gasteiger partial charge is 0.274 e. The maximum absolute atomic E-state index is 13.0. The summed E-state index contributed by atoms with van der Waals surface area (Å²) >= 11 is 0. The lowest BCUT2D eigenvalue weighted by Crippen LogP contribution is -2.24. The molecule has 0 atom stereocenters. The van der Waals surface area contributed by atoms with Crippen molar-refractivity contribution in [1.82, 2.24) is 9.78 Å². The molecule has 1 aromatic heterocycles. The second-order valence-electron chi connectivity index (χ2n) is 6.85. The Hall–Kier alpha value is -3.29. The third-order valence-electron chi connectivity index (χ3n) is 4.61. The van der Waals surface area contributed by atoms with Gasteiger partial charge in [-0.2, -0.15) is 5.10 Å².